The van der Waals surface area contributed by atoms with Crippen molar-refractivity contribution in [2.24, 2.45) is 0 Å². The van der Waals surface area contributed by atoms with E-state index in [1.165, 1.54) is 0 Å². The van der Waals surface area contributed by atoms with Crippen molar-refractivity contribution in [3.63, 3.8) is 0 Å². The Morgan fingerprint density at radius 2 is 1.39 bits per heavy atom. The molecule has 2 aliphatic heterocycles. The van der Waals surface area contributed by atoms with E-state index >= 15 is 0 Å². The fourth-order valence-corrected chi connectivity index (χ4v) is 5.61. The van der Waals surface area contributed by atoms with Crippen molar-refractivity contribution in [2.45, 2.75) is 25.4 Å². The first kappa shape index (κ1) is 24.7. The van der Waals surface area contributed by atoms with Crippen LogP contribution in [0, 0.1) is 0 Å². The van der Waals surface area contributed by atoms with Crippen LogP contribution in [0.5, 0.6) is 34.5 Å². The molecule has 2 aliphatic rings. The molecule has 6 rings (SSSR count). The van der Waals surface area contributed by atoms with Crippen molar-refractivity contribution in [3.8, 4) is 34.5 Å². The number of fused-ring (bicyclic) bond motifs is 6. The highest BCUT2D eigenvalue weighted by Crippen LogP contribution is 2.47. The van der Waals surface area contributed by atoms with Gasteiger partial charge in [0.05, 0.1) is 34.0 Å². The van der Waals surface area contributed by atoms with Gasteiger partial charge in [-0.2, -0.15) is 0 Å². The predicted molar refractivity (Wildman–Crippen MR) is 147 cm³/mol. The topological polar surface area (TPSA) is 78.9 Å². The third-order valence-corrected chi connectivity index (χ3v) is 7.62. The molecule has 8 nitrogen and oxygen atoms in total. The second kappa shape index (κ2) is 10.3. The maximum absolute atomic E-state index is 9.79. The average molecular weight is 520 g/mol. The molecular formula is C30H33NO7. The van der Waals surface area contributed by atoms with Crippen molar-refractivity contribution in [1.29, 1.82) is 0 Å². The lowest BCUT2D eigenvalue weighted by atomic mass is 9.94. The van der Waals surface area contributed by atoms with Gasteiger partial charge in [0.1, 0.15) is 11.5 Å². The van der Waals surface area contributed by atoms with E-state index in [1.807, 2.05) is 24.3 Å². The normalized spacial score (nSPS) is 15.9. The van der Waals surface area contributed by atoms with E-state index in [0.29, 0.717) is 18.1 Å². The average Bonchev–Trinajstić information content (AvgIpc) is 3.41. The standard InChI is InChI=1S/C30H33NO7/c1-33-24-15-22-20-13-28-27(37-17-38-28)11-18(20)12-29(36-10-4-7-31-8-5-19(32)6-9-31)30(22)23-16-26(35-3)25(34-2)14-21(23)24/h11-16,19,32H,4-10,17H2,1-3H3. The van der Waals surface area contributed by atoms with Gasteiger partial charge in [-0.05, 0) is 71.8 Å². The Morgan fingerprint density at radius 3 is 2.11 bits per heavy atom. The van der Waals surface area contributed by atoms with Gasteiger partial charge in [-0.15, -0.1) is 0 Å². The second-order valence-corrected chi connectivity index (χ2v) is 9.83. The van der Waals surface area contributed by atoms with Crippen LogP contribution in [0.25, 0.3) is 32.3 Å². The Hall–Kier alpha value is -3.62. The molecule has 4 aromatic rings. The summed E-state index contributed by atoms with van der Waals surface area (Å²) in [5.74, 6) is 4.26. The molecule has 8 heteroatoms. The van der Waals surface area contributed by atoms with E-state index < -0.39 is 0 Å². The first-order chi connectivity index (χ1) is 18.6. The number of piperidine rings is 1. The summed E-state index contributed by atoms with van der Waals surface area (Å²) in [6, 6.07) is 12.1. The molecule has 2 heterocycles. The minimum absolute atomic E-state index is 0.164. The van der Waals surface area contributed by atoms with Crippen LogP contribution in [0.1, 0.15) is 19.3 Å². The number of benzene rings is 4. The molecule has 1 N–H and O–H groups in total. The van der Waals surface area contributed by atoms with Gasteiger partial charge in [0, 0.05) is 35.8 Å². The number of likely N-dealkylation sites (tertiary alicyclic amines) is 1. The molecule has 4 aromatic carbocycles. The molecule has 0 bridgehead atoms. The van der Waals surface area contributed by atoms with Gasteiger partial charge in [-0.3, -0.25) is 0 Å². The molecular weight excluding hydrogens is 486 g/mol. The maximum Gasteiger partial charge on any atom is 0.231 e. The van der Waals surface area contributed by atoms with Gasteiger partial charge in [0.15, 0.2) is 23.0 Å². The van der Waals surface area contributed by atoms with E-state index in [1.54, 1.807) is 21.3 Å². The van der Waals surface area contributed by atoms with Gasteiger partial charge in [0.2, 0.25) is 6.79 Å². The Balaban J connectivity index is 1.47. The summed E-state index contributed by atoms with van der Waals surface area (Å²) >= 11 is 0. The lowest BCUT2D eigenvalue weighted by Crippen LogP contribution is -2.36. The SMILES string of the molecule is COc1cc2c(OC)cc3c4cc5c(cc4cc(OCCCN4CCC(O)CC4)c3c2cc1OC)OCO5. The van der Waals surface area contributed by atoms with Gasteiger partial charge >= 0.3 is 0 Å². The van der Waals surface area contributed by atoms with Gasteiger partial charge in [0.25, 0.3) is 0 Å². The largest absolute Gasteiger partial charge is 0.496 e. The summed E-state index contributed by atoms with van der Waals surface area (Å²) in [7, 11) is 4.94. The van der Waals surface area contributed by atoms with Crippen LogP contribution in [0.2, 0.25) is 0 Å². The minimum Gasteiger partial charge on any atom is -0.496 e. The lowest BCUT2D eigenvalue weighted by molar-refractivity contribution is 0.0800. The molecule has 38 heavy (non-hydrogen) atoms. The van der Waals surface area contributed by atoms with E-state index in [0.717, 1.165) is 94.2 Å². The zero-order chi connectivity index (χ0) is 26.2. The van der Waals surface area contributed by atoms with Crippen molar-refractivity contribution in [1.82, 2.24) is 4.90 Å². The third kappa shape index (κ3) is 4.37. The quantitative estimate of drug-likeness (QED) is 0.254. The number of aliphatic hydroxyl groups excluding tert-OH is 1. The lowest BCUT2D eigenvalue weighted by Gasteiger charge is -2.29. The van der Waals surface area contributed by atoms with Crippen molar-refractivity contribution in [3.05, 3.63) is 36.4 Å². The first-order valence-corrected chi connectivity index (χ1v) is 13.1. The smallest absolute Gasteiger partial charge is 0.231 e. The van der Waals surface area contributed by atoms with Gasteiger partial charge in [-0.1, -0.05) is 0 Å². The molecule has 0 unspecified atom stereocenters. The minimum atomic E-state index is -0.164. The van der Waals surface area contributed by atoms with Crippen molar-refractivity contribution in [2.75, 3.05) is 54.4 Å². The summed E-state index contributed by atoms with van der Waals surface area (Å²) < 4.78 is 35.0. The maximum atomic E-state index is 9.79. The number of hydrogen-bond donors (Lipinski definition) is 1. The zero-order valence-electron chi connectivity index (χ0n) is 22.0. The highest BCUT2D eigenvalue weighted by molar-refractivity contribution is 6.22. The summed E-state index contributed by atoms with van der Waals surface area (Å²) in [4.78, 5) is 2.40. The van der Waals surface area contributed by atoms with Crippen LogP contribution in [0.15, 0.2) is 36.4 Å². The summed E-state index contributed by atoms with van der Waals surface area (Å²) in [5, 5.41) is 15.7. The number of ether oxygens (including phenoxy) is 6. The summed E-state index contributed by atoms with van der Waals surface area (Å²) in [6.45, 7) is 3.59. The fourth-order valence-electron chi connectivity index (χ4n) is 5.61. The van der Waals surface area contributed by atoms with E-state index in [4.69, 9.17) is 28.4 Å². The molecule has 0 spiro atoms. The Labute approximate surface area is 221 Å². The molecule has 0 aromatic heterocycles. The molecule has 1 saturated heterocycles. The van der Waals surface area contributed by atoms with Crippen molar-refractivity contribution < 1.29 is 33.5 Å². The highest BCUT2D eigenvalue weighted by Gasteiger charge is 2.22. The van der Waals surface area contributed by atoms with Crippen LogP contribution < -0.4 is 28.4 Å². The highest BCUT2D eigenvalue weighted by atomic mass is 16.7. The Bertz CT molecular complexity index is 1490. The Morgan fingerprint density at radius 1 is 0.763 bits per heavy atom. The van der Waals surface area contributed by atoms with Crippen LogP contribution in [-0.2, 0) is 0 Å². The van der Waals surface area contributed by atoms with E-state index in [-0.39, 0.29) is 12.9 Å². The number of rotatable bonds is 8. The van der Waals surface area contributed by atoms with Crippen molar-refractivity contribution >= 4 is 32.3 Å². The van der Waals surface area contributed by atoms with E-state index in [9.17, 15) is 5.11 Å². The summed E-state index contributed by atoms with van der Waals surface area (Å²) in [5.41, 5.74) is 0. The van der Waals surface area contributed by atoms with Gasteiger partial charge < -0.3 is 38.4 Å². The van der Waals surface area contributed by atoms with Crippen LogP contribution in [-0.4, -0.2) is 70.5 Å². The van der Waals surface area contributed by atoms with E-state index in [2.05, 4.69) is 17.0 Å². The molecule has 1 fully saturated rings. The number of hydrogen-bond acceptors (Lipinski definition) is 8. The monoisotopic (exact) mass is 519 g/mol. The Kier molecular flexibility index (Phi) is 6.68. The van der Waals surface area contributed by atoms with Crippen LogP contribution in [0.4, 0.5) is 0 Å². The fraction of sp³-hybridized carbons (Fsp3) is 0.400. The molecule has 0 aliphatic carbocycles. The third-order valence-electron chi connectivity index (χ3n) is 7.62. The number of nitrogens with zero attached hydrogens (tertiary/aromatic N) is 1. The second-order valence-electron chi connectivity index (χ2n) is 9.83. The predicted octanol–water partition coefficient (Wildman–Crippen LogP) is 5.13. The first-order valence-electron chi connectivity index (χ1n) is 13.1. The molecule has 0 amide bonds. The molecule has 0 atom stereocenters. The number of methoxy groups -OCH3 is 3. The van der Waals surface area contributed by atoms with Gasteiger partial charge in [-0.25, -0.2) is 0 Å². The molecule has 0 saturated carbocycles. The molecule has 200 valence electrons. The number of aliphatic hydroxyl groups is 1. The zero-order valence-corrected chi connectivity index (χ0v) is 22.0. The van der Waals surface area contributed by atoms with Crippen LogP contribution >= 0.6 is 0 Å². The van der Waals surface area contributed by atoms with Crippen LogP contribution in [0.3, 0.4) is 0 Å². The molecule has 0 radical (unpaired) electrons. The summed E-state index contributed by atoms with van der Waals surface area (Å²) in [6.07, 6.45) is 2.40.